The highest BCUT2D eigenvalue weighted by Gasteiger charge is 2.17. The second-order valence-corrected chi connectivity index (χ2v) is 5.96. The Hall–Kier alpha value is -2.31. The molecular formula is C16H24N2O5. The number of hydrogen-bond donors (Lipinski definition) is 1. The number of hydrogen-bond acceptors (Lipinski definition) is 6. The van der Waals surface area contributed by atoms with Crippen LogP contribution in [0, 0.1) is 0 Å². The Morgan fingerprint density at radius 3 is 2.52 bits per heavy atom. The molecule has 1 aromatic heterocycles. The van der Waals surface area contributed by atoms with Gasteiger partial charge in [0.2, 0.25) is 5.88 Å². The van der Waals surface area contributed by atoms with Gasteiger partial charge < -0.3 is 19.5 Å². The van der Waals surface area contributed by atoms with Crippen molar-refractivity contribution in [3.63, 3.8) is 0 Å². The van der Waals surface area contributed by atoms with Crippen molar-refractivity contribution in [2.75, 3.05) is 20.3 Å². The summed E-state index contributed by atoms with van der Waals surface area (Å²) in [7, 11) is 1.48. The maximum atomic E-state index is 11.7. The zero-order valence-corrected chi connectivity index (χ0v) is 14.3. The molecule has 0 saturated heterocycles. The topological polar surface area (TPSA) is 86.8 Å². The van der Waals surface area contributed by atoms with E-state index in [1.54, 1.807) is 6.07 Å². The number of aromatic nitrogens is 1. The van der Waals surface area contributed by atoms with Crippen LogP contribution in [0.25, 0.3) is 0 Å². The van der Waals surface area contributed by atoms with E-state index in [4.69, 9.17) is 14.2 Å². The molecule has 0 aliphatic carbocycles. The Bertz CT molecular complexity index is 552. The number of ether oxygens (including phenoxy) is 3. The molecule has 1 rings (SSSR count). The van der Waals surface area contributed by atoms with E-state index in [1.165, 1.54) is 20.2 Å². The standard InChI is InChI=1S/C16H24N2O5/c1-11(19)13-12(21-5)7-8-17-14(13)22-9-6-10-23-15(20)18-16(2,3)4/h7-8H,6,9-10H2,1-5H3,(H,18,20). The monoisotopic (exact) mass is 324 g/mol. The number of carbonyl (C=O) groups is 2. The summed E-state index contributed by atoms with van der Waals surface area (Å²) in [4.78, 5) is 27.2. The van der Waals surface area contributed by atoms with E-state index in [-0.39, 0.29) is 30.4 Å². The van der Waals surface area contributed by atoms with Crippen molar-refractivity contribution in [2.24, 2.45) is 0 Å². The lowest BCUT2D eigenvalue weighted by atomic mass is 10.1. The summed E-state index contributed by atoms with van der Waals surface area (Å²) in [6.07, 6.45) is 1.52. The highest BCUT2D eigenvalue weighted by molar-refractivity contribution is 5.99. The van der Waals surface area contributed by atoms with Gasteiger partial charge in [0.15, 0.2) is 5.78 Å². The van der Waals surface area contributed by atoms with Crippen LogP contribution in [0.1, 0.15) is 44.5 Å². The van der Waals surface area contributed by atoms with Gasteiger partial charge in [0.1, 0.15) is 11.3 Å². The van der Waals surface area contributed by atoms with E-state index < -0.39 is 6.09 Å². The highest BCUT2D eigenvalue weighted by atomic mass is 16.6. The van der Waals surface area contributed by atoms with Gasteiger partial charge in [-0.2, -0.15) is 0 Å². The average Bonchev–Trinajstić information content (AvgIpc) is 2.44. The van der Waals surface area contributed by atoms with Crippen molar-refractivity contribution in [3.05, 3.63) is 17.8 Å². The molecule has 0 aromatic carbocycles. The van der Waals surface area contributed by atoms with Gasteiger partial charge in [-0.3, -0.25) is 4.79 Å². The van der Waals surface area contributed by atoms with Gasteiger partial charge >= 0.3 is 6.09 Å². The molecule has 0 saturated carbocycles. The molecular weight excluding hydrogens is 300 g/mol. The average molecular weight is 324 g/mol. The van der Waals surface area contributed by atoms with Gasteiger partial charge in [-0.15, -0.1) is 0 Å². The fourth-order valence-corrected chi connectivity index (χ4v) is 1.76. The number of methoxy groups -OCH3 is 1. The summed E-state index contributed by atoms with van der Waals surface area (Å²) in [5.41, 5.74) is -0.0320. The van der Waals surface area contributed by atoms with Crippen molar-refractivity contribution >= 4 is 11.9 Å². The predicted octanol–water partition coefficient (Wildman–Crippen LogP) is 2.59. The fourth-order valence-electron chi connectivity index (χ4n) is 1.76. The van der Waals surface area contributed by atoms with Crippen LogP contribution in [0.4, 0.5) is 4.79 Å². The van der Waals surface area contributed by atoms with Gasteiger partial charge in [-0.25, -0.2) is 9.78 Å². The first-order chi connectivity index (χ1) is 10.7. The molecule has 1 N–H and O–H groups in total. The predicted molar refractivity (Wildman–Crippen MR) is 85.1 cm³/mol. The van der Waals surface area contributed by atoms with Crippen LogP contribution in [0.2, 0.25) is 0 Å². The maximum absolute atomic E-state index is 11.7. The van der Waals surface area contributed by atoms with Gasteiger partial charge in [0, 0.05) is 18.2 Å². The summed E-state index contributed by atoms with van der Waals surface area (Å²) in [5.74, 6) is 0.449. The molecule has 0 bridgehead atoms. The minimum absolute atomic E-state index is 0.189. The summed E-state index contributed by atoms with van der Waals surface area (Å²) < 4.78 is 15.7. The summed E-state index contributed by atoms with van der Waals surface area (Å²) >= 11 is 0. The third-order valence-corrected chi connectivity index (χ3v) is 2.69. The van der Waals surface area contributed by atoms with Crippen molar-refractivity contribution in [2.45, 2.75) is 39.7 Å². The molecule has 0 radical (unpaired) electrons. The van der Waals surface area contributed by atoms with Crippen LogP contribution in [0.5, 0.6) is 11.6 Å². The molecule has 128 valence electrons. The van der Waals surface area contributed by atoms with Crippen LogP contribution in [0.15, 0.2) is 12.3 Å². The largest absolute Gasteiger partial charge is 0.496 e. The number of alkyl carbamates (subject to hydrolysis) is 1. The zero-order valence-electron chi connectivity index (χ0n) is 14.3. The smallest absolute Gasteiger partial charge is 0.407 e. The Balaban J connectivity index is 2.45. The second-order valence-electron chi connectivity index (χ2n) is 5.96. The van der Waals surface area contributed by atoms with Gasteiger partial charge in [0.05, 0.1) is 20.3 Å². The van der Waals surface area contributed by atoms with Crippen molar-refractivity contribution in [1.29, 1.82) is 0 Å². The Kier molecular flexibility index (Phi) is 6.81. The fraction of sp³-hybridized carbons (Fsp3) is 0.562. The first-order valence-electron chi connectivity index (χ1n) is 7.36. The summed E-state index contributed by atoms with van der Waals surface area (Å²) in [6, 6.07) is 1.60. The number of carbonyl (C=O) groups excluding carboxylic acids is 2. The molecule has 7 nitrogen and oxygen atoms in total. The minimum Gasteiger partial charge on any atom is -0.496 e. The van der Waals surface area contributed by atoms with E-state index in [2.05, 4.69) is 10.3 Å². The lowest BCUT2D eigenvalue weighted by Gasteiger charge is -2.19. The van der Waals surface area contributed by atoms with E-state index in [0.29, 0.717) is 17.7 Å². The maximum Gasteiger partial charge on any atom is 0.407 e. The molecule has 7 heteroatoms. The number of nitrogens with zero attached hydrogens (tertiary/aromatic N) is 1. The number of ketones is 1. The zero-order chi connectivity index (χ0) is 17.5. The van der Waals surface area contributed by atoms with E-state index in [0.717, 1.165) is 0 Å². The van der Waals surface area contributed by atoms with Crippen molar-refractivity contribution in [3.8, 4) is 11.6 Å². The minimum atomic E-state index is -0.471. The normalized spacial score (nSPS) is 10.8. The third kappa shape index (κ3) is 6.54. The van der Waals surface area contributed by atoms with Crippen LogP contribution < -0.4 is 14.8 Å². The van der Waals surface area contributed by atoms with Gasteiger partial charge in [-0.1, -0.05) is 0 Å². The molecule has 0 spiro atoms. The Morgan fingerprint density at radius 2 is 1.96 bits per heavy atom. The lowest BCUT2D eigenvalue weighted by Crippen LogP contribution is -2.41. The molecule has 0 atom stereocenters. The third-order valence-electron chi connectivity index (χ3n) is 2.69. The highest BCUT2D eigenvalue weighted by Crippen LogP contribution is 2.26. The summed E-state index contributed by atoms with van der Waals surface area (Å²) in [6.45, 7) is 7.51. The van der Waals surface area contributed by atoms with Crippen LogP contribution in [-0.4, -0.2) is 42.7 Å². The quantitative estimate of drug-likeness (QED) is 0.613. The van der Waals surface area contributed by atoms with Crippen LogP contribution in [-0.2, 0) is 4.74 Å². The molecule has 23 heavy (non-hydrogen) atoms. The number of pyridine rings is 1. The van der Waals surface area contributed by atoms with Crippen LogP contribution in [0.3, 0.4) is 0 Å². The second kappa shape index (κ2) is 8.36. The van der Waals surface area contributed by atoms with E-state index >= 15 is 0 Å². The van der Waals surface area contributed by atoms with Gasteiger partial charge in [-0.05, 0) is 33.8 Å². The van der Waals surface area contributed by atoms with Crippen molar-refractivity contribution < 1.29 is 23.8 Å². The Morgan fingerprint density at radius 1 is 1.26 bits per heavy atom. The van der Waals surface area contributed by atoms with Crippen LogP contribution >= 0.6 is 0 Å². The number of nitrogens with one attached hydrogen (secondary N) is 1. The molecule has 1 amide bonds. The Labute approximate surface area is 136 Å². The van der Waals surface area contributed by atoms with E-state index in [1.807, 2.05) is 20.8 Å². The molecule has 0 unspecified atom stereocenters. The number of rotatable bonds is 7. The van der Waals surface area contributed by atoms with E-state index in [9.17, 15) is 9.59 Å². The van der Waals surface area contributed by atoms with Gasteiger partial charge in [0.25, 0.3) is 0 Å². The molecule has 1 heterocycles. The number of Topliss-reactive ketones (excluding diaryl/α,β-unsaturated/α-hetero) is 1. The molecule has 0 fully saturated rings. The molecule has 0 aliphatic heterocycles. The molecule has 0 aliphatic rings. The number of amides is 1. The SMILES string of the molecule is COc1ccnc(OCCCOC(=O)NC(C)(C)C)c1C(C)=O. The lowest BCUT2D eigenvalue weighted by molar-refractivity contribution is 0.100. The van der Waals surface area contributed by atoms with Crippen molar-refractivity contribution in [1.82, 2.24) is 10.3 Å². The first kappa shape index (κ1) is 18.7. The molecule has 1 aromatic rings. The first-order valence-corrected chi connectivity index (χ1v) is 7.36. The summed E-state index contributed by atoms with van der Waals surface area (Å²) in [5, 5.41) is 2.69.